The molecule has 12 nitrogen and oxygen atoms in total. The van der Waals surface area contributed by atoms with E-state index < -0.39 is 27.0 Å². The normalized spacial score (nSPS) is 21.6. The van der Waals surface area contributed by atoms with Gasteiger partial charge in [-0.1, -0.05) is 0 Å². The number of fused-ring (bicyclic) bond motifs is 1. The number of nitro groups is 1. The molecule has 1 aromatic rings. The van der Waals surface area contributed by atoms with E-state index in [1.807, 2.05) is 4.90 Å². The van der Waals surface area contributed by atoms with Crippen molar-refractivity contribution < 1.29 is 32.7 Å². The van der Waals surface area contributed by atoms with Gasteiger partial charge < -0.3 is 24.8 Å². The van der Waals surface area contributed by atoms with Gasteiger partial charge in [0.1, 0.15) is 0 Å². The number of nitro benzene ring substituents is 1. The van der Waals surface area contributed by atoms with E-state index in [9.17, 15) is 28.4 Å². The summed E-state index contributed by atoms with van der Waals surface area (Å²) in [7, 11) is -3.51. The predicted octanol–water partition coefficient (Wildman–Crippen LogP) is -0.153. The van der Waals surface area contributed by atoms with Crippen LogP contribution in [0.2, 0.25) is 0 Å². The van der Waals surface area contributed by atoms with E-state index in [1.54, 1.807) is 0 Å². The summed E-state index contributed by atoms with van der Waals surface area (Å²) in [4.78, 5) is 25.4. The molecule has 0 aromatic heterocycles. The number of primary sulfonamides is 1. The quantitative estimate of drug-likeness (QED) is 0.343. The standard InChI is InChI=1S/C19H28N4O8S/c20-32(28,29)8-1-4-22-5-3-13(16(24)12-22)11-21-19(25)15-9-14(23(26)27)10-17-18(15)31-7-2-6-30-17/h9-10,13,16,24H,1-8,11-12H2,(H,21,25)(H2,20,28,29)/t13?,16-/m1/s1. The highest BCUT2D eigenvalue weighted by atomic mass is 32.2. The van der Waals surface area contributed by atoms with Crippen LogP contribution in [0.25, 0.3) is 0 Å². The number of sulfonamides is 1. The highest BCUT2D eigenvalue weighted by Gasteiger charge is 2.29. The highest BCUT2D eigenvalue weighted by Crippen LogP contribution is 2.37. The first-order valence-corrected chi connectivity index (χ1v) is 12.1. The average Bonchev–Trinajstić information content (AvgIpc) is 2.96. The summed E-state index contributed by atoms with van der Waals surface area (Å²) in [6.45, 7) is 2.34. The van der Waals surface area contributed by atoms with Crippen molar-refractivity contribution in [2.45, 2.75) is 25.4 Å². The number of carbonyl (C=O) groups excluding carboxylic acids is 1. The SMILES string of the molecule is NS(=O)(=O)CCCN1CCC(CNC(=O)c2cc([N+](=O)[O-])cc3c2OCCCO3)[C@H](O)C1. The van der Waals surface area contributed by atoms with Crippen LogP contribution in [-0.4, -0.2) is 80.5 Å². The molecule has 1 fully saturated rings. The molecule has 178 valence electrons. The largest absolute Gasteiger partial charge is 0.489 e. The number of ether oxygens (including phenoxy) is 2. The number of nitrogens with zero attached hydrogens (tertiary/aromatic N) is 2. The van der Waals surface area contributed by atoms with Crippen LogP contribution in [0.1, 0.15) is 29.6 Å². The molecular weight excluding hydrogens is 444 g/mol. The second-order valence-electron chi connectivity index (χ2n) is 7.98. The summed E-state index contributed by atoms with van der Waals surface area (Å²) in [6.07, 6.45) is 0.863. The number of nitrogens with two attached hydrogens (primary N) is 1. The van der Waals surface area contributed by atoms with Crippen LogP contribution in [0, 0.1) is 16.0 Å². The summed E-state index contributed by atoms with van der Waals surface area (Å²) < 4.78 is 33.2. The van der Waals surface area contributed by atoms with E-state index in [4.69, 9.17) is 14.6 Å². The first-order chi connectivity index (χ1) is 15.1. The molecule has 4 N–H and O–H groups in total. The highest BCUT2D eigenvalue weighted by molar-refractivity contribution is 7.89. The van der Waals surface area contributed by atoms with Crippen molar-refractivity contribution in [3.8, 4) is 11.5 Å². The number of aliphatic hydroxyl groups is 1. The van der Waals surface area contributed by atoms with Crippen LogP contribution in [0.4, 0.5) is 5.69 Å². The van der Waals surface area contributed by atoms with E-state index in [-0.39, 0.29) is 41.0 Å². The molecule has 0 bridgehead atoms. The average molecular weight is 473 g/mol. The van der Waals surface area contributed by atoms with Crippen molar-refractivity contribution in [3.05, 3.63) is 27.8 Å². The van der Waals surface area contributed by atoms with Crippen LogP contribution in [0.5, 0.6) is 11.5 Å². The molecule has 1 saturated heterocycles. The van der Waals surface area contributed by atoms with Gasteiger partial charge in [0.05, 0.1) is 41.6 Å². The minimum Gasteiger partial charge on any atom is -0.489 e. The van der Waals surface area contributed by atoms with Gasteiger partial charge in [0.2, 0.25) is 10.0 Å². The van der Waals surface area contributed by atoms with Gasteiger partial charge in [-0.15, -0.1) is 0 Å². The van der Waals surface area contributed by atoms with Crippen molar-refractivity contribution in [1.82, 2.24) is 10.2 Å². The number of amides is 1. The van der Waals surface area contributed by atoms with Crippen LogP contribution in [0.3, 0.4) is 0 Å². The number of hydrogen-bond acceptors (Lipinski definition) is 9. The number of aliphatic hydroxyl groups excluding tert-OH is 1. The first-order valence-electron chi connectivity index (χ1n) is 10.4. The van der Waals surface area contributed by atoms with E-state index in [0.717, 1.165) is 6.07 Å². The van der Waals surface area contributed by atoms with Crippen molar-refractivity contribution >= 4 is 21.6 Å². The Morgan fingerprint density at radius 3 is 2.78 bits per heavy atom. The second kappa shape index (κ2) is 10.4. The van der Waals surface area contributed by atoms with E-state index >= 15 is 0 Å². The fraction of sp³-hybridized carbons (Fsp3) is 0.632. The number of hydrogen-bond donors (Lipinski definition) is 3. The zero-order valence-electron chi connectivity index (χ0n) is 17.6. The van der Waals surface area contributed by atoms with Crippen molar-refractivity contribution in [3.63, 3.8) is 0 Å². The van der Waals surface area contributed by atoms with Crippen LogP contribution >= 0.6 is 0 Å². The molecule has 2 aliphatic rings. The van der Waals surface area contributed by atoms with Gasteiger partial charge in [0, 0.05) is 31.5 Å². The molecule has 13 heteroatoms. The molecule has 1 unspecified atom stereocenters. The maximum Gasteiger partial charge on any atom is 0.274 e. The molecule has 2 atom stereocenters. The van der Waals surface area contributed by atoms with Crippen LogP contribution in [0.15, 0.2) is 12.1 Å². The van der Waals surface area contributed by atoms with Gasteiger partial charge in [-0.25, -0.2) is 13.6 Å². The van der Waals surface area contributed by atoms with Crippen molar-refractivity contribution in [1.29, 1.82) is 0 Å². The monoisotopic (exact) mass is 472 g/mol. The Morgan fingerprint density at radius 2 is 2.09 bits per heavy atom. The zero-order valence-corrected chi connectivity index (χ0v) is 18.4. The van der Waals surface area contributed by atoms with Gasteiger partial charge in [-0.3, -0.25) is 14.9 Å². The minimum atomic E-state index is -3.51. The molecule has 1 aromatic carbocycles. The molecule has 0 spiro atoms. The third kappa shape index (κ3) is 6.51. The molecule has 32 heavy (non-hydrogen) atoms. The molecule has 3 rings (SSSR count). The zero-order chi connectivity index (χ0) is 23.3. The lowest BCUT2D eigenvalue weighted by atomic mass is 9.93. The maximum absolute atomic E-state index is 12.8. The minimum absolute atomic E-state index is 0.0195. The molecule has 0 saturated carbocycles. The number of nitrogens with one attached hydrogen (secondary N) is 1. The number of piperidine rings is 1. The number of non-ortho nitro benzene ring substituents is 1. The molecule has 0 aliphatic carbocycles. The Hall–Kier alpha value is -2.48. The third-order valence-electron chi connectivity index (χ3n) is 5.52. The summed E-state index contributed by atoms with van der Waals surface area (Å²) in [6, 6.07) is 2.40. The first kappa shape index (κ1) is 24.2. The van der Waals surface area contributed by atoms with Crippen molar-refractivity contribution in [2.75, 3.05) is 45.1 Å². The Kier molecular flexibility index (Phi) is 7.87. The summed E-state index contributed by atoms with van der Waals surface area (Å²) in [5.74, 6) is -0.523. The van der Waals surface area contributed by atoms with Gasteiger partial charge in [0.25, 0.3) is 11.6 Å². The number of rotatable bonds is 8. The number of likely N-dealkylation sites (tertiary alicyclic amines) is 1. The molecule has 2 heterocycles. The lowest BCUT2D eigenvalue weighted by Crippen LogP contribution is -2.48. The summed E-state index contributed by atoms with van der Waals surface area (Å²) in [5.41, 5.74) is -0.252. The molecule has 2 aliphatic heterocycles. The smallest absolute Gasteiger partial charge is 0.274 e. The van der Waals surface area contributed by atoms with E-state index in [2.05, 4.69) is 5.32 Å². The topological polar surface area (TPSA) is 174 Å². The van der Waals surface area contributed by atoms with E-state index in [0.29, 0.717) is 52.1 Å². The van der Waals surface area contributed by atoms with Gasteiger partial charge >= 0.3 is 0 Å². The molecule has 0 radical (unpaired) electrons. The van der Waals surface area contributed by atoms with Crippen LogP contribution in [-0.2, 0) is 10.0 Å². The Bertz CT molecular complexity index is 955. The van der Waals surface area contributed by atoms with Gasteiger partial charge in [0.15, 0.2) is 11.5 Å². The second-order valence-corrected chi connectivity index (χ2v) is 9.71. The lowest BCUT2D eigenvalue weighted by Gasteiger charge is -2.36. The number of carbonyl (C=O) groups is 1. The van der Waals surface area contributed by atoms with Crippen molar-refractivity contribution in [2.24, 2.45) is 11.1 Å². The lowest BCUT2D eigenvalue weighted by molar-refractivity contribution is -0.385. The number of benzene rings is 1. The Morgan fingerprint density at radius 1 is 1.34 bits per heavy atom. The Labute approximate surface area is 185 Å². The molecule has 1 amide bonds. The third-order valence-corrected chi connectivity index (χ3v) is 6.38. The fourth-order valence-electron chi connectivity index (χ4n) is 3.83. The fourth-order valence-corrected chi connectivity index (χ4v) is 4.36. The van der Waals surface area contributed by atoms with E-state index in [1.165, 1.54) is 6.07 Å². The van der Waals surface area contributed by atoms with Gasteiger partial charge in [-0.05, 0) is 25.9 Å². The maximum atomic E-state index is 12.8. The van der Waals surface area contributed by atoms with Gasteiger partial charge in [-0.2, -0.15) is 0 Å². The molecular formula is C19H28N4O8S. The van der Waals surface area contributed by atoms with Crippen LogP contribution < -0.4 is 19.9 Å². The summed E-state index contributed by atoms with van der Waals surface area (Å²) in [5, 5.41) is 29.5. The summed E-state index contributed by atoms with van der Waals surface area (Å²) >= 11 is 0. The predicted molar refractivity (Wildman–Crippen MR) is 114 cm³/mol. The number of β-amino-alcohol motifs (C(OH)–C–C–N with tert-alkyl or cyclic N) is 1. The Balaban J connectivity index is 1.59.